The van der Waals surface area contributed by atoms with E-state index < -0.39 is 10.0 Å². The van der Waals surface area contributed by atoms with Crippen LogP contribution in [0.5, 0.6) is 0 Å². The first-order chi connectivity index (χ1) is 8.51. The molecule has 1 saturated heterocycles. The Kier molecular flexibility index (Phi) is 3.94. The molecule has 2 heterocycles. The van der Waals surface area contributed by atoms with Crippen molar-refractivity contribution in [2.24, 2.45) is 0 Å². The molecule has 1 aliphatic rings. The average molecular weight is 270 g/mol. The number of sulfonamides is 1. The summed E-state index contributed by atoms with van der Waals surface area (Å²) in [4.78, 5) is 0. The minimum absolute atomic E-state index is 0.0223. The molecule has 0 spiro atoms. The molecule has 1 aliphatic heterocycles. The smallest absolute Gasteiger partial charge is 0.262 e. The van der Waals surface area contributed by atoms with Crippen LogP contribution in [0.25, 0.3) is 0 Å². The second-order valence-electron chi connectivity index (χ2n) is 4.52. The molecule has 1 fully saturated rings. The van der Waals surface area contributed by atoms with Crippen molar-refractivity contribution in [1.29, 1.82) is 0 Å². The Bertz CT molecular complexity index is 494. The molecule has 0 amide bonds. The molecule has 7 heteroatoms. The maximum Gasteiger partial charge on any atom is 0.262 e. The summed E-state index contributed by atoms with van der Waals surface area (Å²) in [5, 5.41) is 10.8. The maximum absolute atomic E-state index is 12.3. The van der Waals surface area contributed by atoms with Gasteiger partial charge in [-0.05, 0) is 45.0 Å². The van der Waals surface area contributed by atoms with Crippen LogP contribution in [0, 0.1) is 6.92 Å². The first kappa shape index (κ1) is 13.4. The zero-order chi connectivity index (χ0) is 13.2. The number of aryl methyl sites for hydroxylation is 1. The van der Waals surface area contributed by atoms with Crippen LogP contribution in [0.2, 0.25) is 0 Å². The van der Waals surface area contributed by atoms with E-state index >= 15 is 0 Å². The predicted molar refractivity (Wildman–Crippen MR) is 67.6 cm³/mol. The summed E-state index contributed by atoms with van der Waals surface area (Å²) in [6.45, 7) is 3.48. The predicted octanol–water partition coefficient (Wildman–Crippen LogP) is 0.158. The highest BCUT2D eigenvalue weighted by molar-refractivity contribution is 7.89. The van der Waals surface area contributed by atoms with Gasteiger partial charge in [-0.15, -0.1) is 5.10 Å². The third kappa shape index (κ3) is 2.68. The van der Waals surface area contributed by atoms with Gasteiger partial charge >= 0.3 is 0 Å². The van der Waals surface area contributed by atoms with Crippen molar-refractivity contribution in [3.05, 3.63) is 17.8 Å². The van der Waals surface area contributed by atoms with E-state index in [1.165, 1.54) is 10.4 Å². The molecule has 1 aromatic heterocycles. The third-order valence-corrected chi connectivity index (χ3v) is 5.04. The van der Waals surface area contributed by atoms with E-state index in [1.807, 2.05) is 0 Å². The lowest BCUT2D eigenvalue weighted by atomic mass is 10.1. The van der Waals surface area contributed by atoms with Crippen LogP contribution < -0.4 is 5.32 Å². The Hall–Kier alpha value is -1.05. The van der Waals surface area contributed by atoms with E-state index in [9.17, 15) is 8.42 Å². The Labute approximate surface area is 107 Å². The number of hydrogen-bond donors (Lipinski definition) is 1. The highest BCUT2D eigenvalue weighted by atomic mass is 32.2. The monoisotopic (exact) mass is 270 g/mol. The Morgan fingerprint density at radius 2 is 1.94 bits per heavy atom. The molecule has 100 valence electrons. The van der Waals surface area contributed by atoms with Gasteiger partial charge < -0.3 is 5.32 Å². The molecule has 2 rings (SSSR count). The summed E-state index contributed by atoms with van der Waals surface area (Å²) in [6, 6.07) is 3.21. The molecule has 0 radical (unpaired) electrons. The lowest BCUT2D eigenvalue weighted by Crippen LogP contribution is -2.44. The molecule has 6 nitrogen and oxygen atoms in total. The fourth-order valence-electron chi connectivity index (χ4n) is 2.04. The van der Waals surface area contributed by atoms with Gasteiger partial charge in [0.25, 0.3) is 10.0 Å². The largest absolute Gasteiger partial charge is 0.317 e. The van der Waals surface area contributed by atoms with Crippen LogP contribution in [-0.2, 0) is 10.0 Å². The van der Waals surface area contributed by atoms with Crippen LogP contribution in [0.3, 0.4) is 0 Å². The van der Waals surface area contributed by atoms with E-state index in [1.54, 1.807) is 20.0 Å². The Morgan fingerprint density at radius 3 is 2.50 bits per heavy atom. The second kappa shape index (κ2) is 5.29. The molecule has 0 saturated carbocycles. The van der Waals surface area contributed by atoms with Gasteiger partial charge in [-0.1, -0.05) is 0 Å². The highest BCUT2D eigenvalue weighted by Crippen LogP contribution is 2.18. The van der Waals surface area contributed by atoms with E-state index in [4.69, 9.17) is 0 Å². The molecule has 0 aliphatic carbocycles. The Morgan fingerprint density at radius 1 is 1.28 bits per heavy atom. The molecule has 1 aromatic rings. The van der Waals surface area contributed by atoms with Gasteiger partial charge in [0, 0.05) is 13.1 Å². The zero-order valence-corrected chi connectivity index (χ0v) is 11.4. The maximum atomic E-state index is 12.3. The molecule has 0 bridgehead atoms. The van der Waals surface area contributed by atoms with Crippen LogP contribution in [-0.4, -0.2) is 49.1 Å². The van der Waals surface area contributed by atoms with Crippen molar-refractivity contribution >= 4 is 10.0 Å². The number of aromatic nitrogens is 2. The van der Waals surface area contributed by atoms with Crippen molar-refractivity contribution in [3.8, 4) is 0 Å². The minimum atomic E-state index is -3.52. The Balaban J connectivity index is 2.21. The summed E-state index contributed by atoms with van der Waals surface area (Å²) in [5.41, 5.74) is 0.707. The number of piperidine rings is 1. The minimum Gasteiger partial charge on any atom is -0.317 e. The van der Waals surface area contributed by atoms with Crippen molar-refractivity contribution in [3.63, 3.8) is 0 Å². The van der Waals surface area contributed by atoms with Crippen molar-refractivity contribution in [1.82, 2.24) is 19.8 Å². The van der Waals surface area contributed by atoms with Crippen molar-refractivity contribution < 1.29 is 8.42 Å². The van der Waals surface area contributed by atoms with Gasteiger partial charge in [-0.25, -0.2) is 8.42 Å². The molecule has 1 N–H and O–H groups in total. The SMILES string of the molecule is Cc1ccc(S(=O)(=O)N(C)C2CCNCC2)nn1. The molecule has 18 heavy (non-hydrogen) atoms. The van der Waals surface area contributed by atoms with Gasteiger partial charge in [-0.3, -0.25) is 0 Å². The van der Waals surface area contributed by atoms with E-state index in [0.29, 0.717) is 5.69 Å². The fraction of sp³-hybridized carbons (Fsp3) is 0.636. The summed E-state index contributed by atoms with van der Waals surface area (Å²) >= 11 is 0. The molecular weight excluding hydrogens is 252 g/mol. The van der Waals surface area contributed by atoms with Crippen LogP contribution in [0.1, 0.15) is 18.5 Å². The fourth-order valence-corrected chi connectivity index (χ4v) is 3.32. The first-order valence-electron chi connectivity index (χ1n) is 6.01. The van der Waals surface area contributed by atoms with Gasteiger partial charge in [0.2, 0.25) is 0 Å². The summed E-state index contributed by atoms with van der Waals surface area (Å²) in [5.74, 6) is 0. The summed E-state index contributed by atoms with van der Waals surface area (Å²) in [6.07, 6.45) is 1.66. The highest BCUT2D eigenvalue weighted by Gasteiger charge is 2.30. The van der Waals surface area contributed by atoms with Gasteiger partial charge in [0.05, 0.1) is 5.69 Å². The quantitative estimate of drug-likeness (QED) is 0.846. The number of rotatable bonds is 3. The lowest BCUT2D eigenvalue weighted by molar-refractivity contribution is 0.295. The van der Waals surface area contributed by atoms with E-state index in [0.717, 1.165) is 25.9 Å². The molecule has 0 unspecified atom stereocenters. The lowest BCUT2D eigenvalue weighted by Gasteiger charge is -2.30. The van der Waals surface area contributed by atoms with Crippen LogP contribution in [0.4, 0.5) is 0 Å². The number of nitrogens with zero attached hydrogens (tertiary/aromatic N) is 3. The van der Waals surface area contributed by atoms with Gasteiger partial charge in [0.1, 0.15) is 0 Å². The normalized spacial score (nSPS) is 18.2. The third-order valence-electron chi connectivity index (χ3n) is 3.24. The van der Waals surface area contributed by atoms with Crippen molar-refractivity contribution in [2.75, 3.05) is 20.1 Å². The summed E-state index contributed by atoms with van der Waals surface area (Å²) in [7, 11) is -1.91. The average Bonchev–Trinajstić information content (AvgIpc) is 2.39. The molecular formula is C11H18N4O2S. The van der Waals surface area contributed by atoms with Gasteiger partial charge in [-0.2, -0.15) is 9.40 Å². The second-order valence-corrected chi connectivity index (χ2v) is 6.46. The number of nitrogens with one attached hydrogen (secondary N) is 1. The van der Waals surface area contributed by atoms with Crippen molar-refractivity contribution in [2.45, 2.75) is 30.8 Å². The van der Waals surface area contributed by atoms with Crippen LogP contribution in [0.15, 0.2) is 17.2 Å². The first-order valence-corrected chi connectivity index (χ1v) is 7.45. The van der Waals surface area contributed by atoms with E-state index in [2.05, 4.69) is 15.5 Å². The summed E-state index contributed by atoms with van der Waals surface area (Å²) < 4.78 is 26.1. The van der Waals surface area contributed by atoms with Gasteiger partial charge in [0.15, 0.2) is 5.03 Å². The van der Waals surface area contributed by atoms with Crippen LogP contribution >= 0.6 is 0 Å². The van der Waals surface area contributed by atoms with E-state index in [-0.39, 0.29) is 11.1 Å². The topological polar surface area (TPSA) is 75.2 Å². The number of hydrogen-bond acceptors (Lipinski definition) is 5. The zero-order valence-electron chi connectivity index (χ0n) is 10.6. The molecule has 0 atom stereocenters. The standard InChI is InChI=1S/C11H18N4O2S/c1-9-3-4-11(14-13-9)18(16,17)15(2)10-5-7-12-8-6-10/h3-4,10,12H,5-8H2,1-2H3. The molecule has 0 aromatic carbocycles.